The third-order valence-electron chi connectivity index (χ3n) is 38.3. The molecule has 26 fully saturated rings. The molecule has 0 aromatic rings. The second-order valence-electron chi connectivity index (χ2n) is 44.6. The molecule has 0 heterocycles. The quantitative estimate of drug-likeness (QED) is 0.259. The van der Waals surface area contributed by atoms with Gasteiger partial charge in [-0.25, -0.2) is 0 Å². The molecule has 548 valence electrons. The average molecular weight is 1310 g/mol. The Morgan fingerprint density at radius 1 is 0.316 bits per heavy atom. The normalized spacial score (nSPS) is 50.2. The maximum Gasteiger partial charge on any atom is -0.0292 e. The van der Waals surface area contributed by atoms with Gasteiger partial charge in [-0.1, -0.05) is 175 Å². The summed E-state index contributed by atoms with van der Waals surface area (Å²) in [5, 5.41) is 0. The Kier molecular flexibility index (Phi) is 24.4. The molecular formula is C95H168. The number of fused-ring (bicyclic) bond motifs is 16. The summed E-state index contributed by atoms with van der Waals surface area (Å²) in [6, 6.07) is 0. The van der Waals surface area contributed by atoms with Crippen LogP contribution in [0.5, 0.6) is 0 Å². The second-order valence-corrected chi connectivity index (χ2v) is 44.6. The van der Waals surface area contributed by atoms with Crippen molar-refractivity contribution in [2.75, 3.05) is 0 Å². The van der Waals surface area contributed by atoms with Gasteiger partial charge in [0, 0.05) is 0 Å². The van der Waals surface area contributed by atoms with Crippen molar-refractivity contribution in [2.45, 2.75) is 419 Å². The van der Waals surface area contributed by atoms with E-state index in [9.17, 15) is 0 Å². The van der Waals surface area contributed by atoms with Gasteiger partial charge in [0.1, 0.15) is 0 Å². The molecule has 1 spiro atoms. The van der Waals surface area contributed by atoms with Crippen molar-refractivity contribution in [3.05, 3.63) is 0 Å². The van der Waals surface area contributed by atoms with Gasteiger partial charge in [-0.2, -0.15) is 0 Å². The zero-order valence-corrected chi connectivity index (χ0v) is 67.3. The van der Waals surface area contributed by atoms with Crippen molar-refractivity contribution in [3.63, 3.8) is 0 Å². The van der Waals surface area contributed by atoms with Crippen LogP contribution in [0.15, 0.2) is 0 Å². The summed E-state index contributed by atoms with van der Waals surface area (Å²) in [5.74, 6) is 26.1. The van der Waals surface area contributed by atoms with Crippen molar-refractivity contribution in [3.8, 4) is 0 Å². The molecule has 0 heteroatoms. The fourth-order valence-electron chi connectivity index (χ4n) is 30.8. The first-order valence-electron chi connectivity index (χ1n) is 45.2. The van der Waals surface area contributed by atoms with Gasteiger partial charge in [-0.05, 0) is 424 Å². The minimum absolute atomic E-state index is 0.632. The van der Waals surface area contributed by atoms with E-state index in [0.717, 1.165) is 164 Å². The topological polar surface area (TPSA) is 0 Å². The van der Waals surface area contributed by atoms with Crippen LogP contribution in [0.4, 0.5) is 0 Å². The van der Waals surface area contributed by atoms with Crippen LogP contribution < -0.4 is 0 Å². The van der Waals surface area contributed by atoms with E-state index in [4.69, 9.17) is 0 Å². The van der Waals surface area contributed by atoms with Gasteiger partial charge in [-0.15, -0.1) is 0 Å². The Bertz CT molecular complexity index is 2200. The molecule has 0 aliphatic heterocycles. The first-order valence-corrected chi connectivity index (χ1v) is 45.2. The summed E-state index contributed by atoms with van der Waals surface area (Å²) in [6.45, 7) is 39.4. The lowest BCUT2D eigenvalue weighted by atomic mass is 9.49. The van der Waals surface area contributed by atoms with E-state index in [1.165, 1.54) is 148 Å². The highest BCUT2D eigenvalue weighted by atomic mass is 14.6. The lowest BCUT2D eigenvalue weighted by Gasteiger charge is -2.56. The van der Waals surface area contributed by atoms with Crippen LogP contribution in [-0.2, 0) is 0 Å². The van der Waals surface area contributed by atoms with Crippen LogP contribution >= 0.6 is 0 Å². The second kappa shape index (κ2) is 31.0. The zero-order chi connectivity index (χ0) is 67.3. The third kappa shape index (κ3) is 17.2. The summed E-state index contributed by atoms with van der Waals surface area (Å²) in [7, 11) is 0. The minimum atomic E-state index is 0.632. The lowest BCUT2D eigenvalue weighted by Crippen LogP contribution is -2.45. The SMILES string of the molecule is CC12CC3CC(CC(C3)C1)C2.CC1C2CCC(CC2)[C@H]1C.CC1CCC2(CCCCC2)CC1.CCC12CC3CC(CC(C3)C1)C2.CCC1CC2CCC1C2.C[C@@H]1C2(C)CCC(C2)C1(C)C.C[C@@H]1C2CCC(CC2)C1(C)C.C[C@H]1CC2CCC1(C)CC2.C[C@H]1CC2CCC1CC2. The van der Waals surface area contributed by atoms with Gasteiger partial charge in [-0.3, -0.25) is 0 Å². The van der Waals surface area contributed by atoms with Crippen LogP contribution in [0.25, 0.3) is 0 Å². The Balaban J connectivity index is 0.000000103. The molecule has 0 aromatic carbocycles. The van der Waals surface area contributed by atoms with E-state index in [2.05, 4.69) is 111 Å². The predicted molar refractivity (Wildman–Crippen MR) is 413 cm³/mol. The molecule has 26 rings (SSSR count). The van der Waals surface area contributed by atoms with E-state index in [-0.39, 0.29) is 0 Å². The van der Waals surface area contributed by atoms with Crippen LogP contribution in [0.1, 0.15) is 419 Å². The molecule has 20 bridgehead atoms. The molecule has 0 nitrogen and oxygen atoms in total. The van der Waals surface area contributed by atoms with Crippen LogP contribution in [0.2, 0.25) is 0 Å². The summed E-state index contributed by atoms with van der Waals surface area (Å²) >= 11 is 0. The molecular weight excluding hydrogens is 1140 g/mol. The molecule has 26 saturated carbocycles. The molecule has 0 saturated heterocycles. The fourth-order valence-corrected chi connectivity index (χ4v) is 30.8. The zero-order valence-electron chi connectivity index (χ0n) is 67.3. The molecule has 0 amide bonds. The van der Waals surface area contributed by atoms with Crippen LogP contribution in [0, 0.1) is 180 Å². The maximum absolute atomic E-state index is 2.54. The molecule has 26 aliphatic rings. The van der Waals surface area contributed by atoms with Gasteiger partial charge < -0.3 is 0 Å². The van der Waals surface area contributed by atoms with E-state index in [1.807, 2.05) is 0 Å². The van der Waals surface area contributed by atoms with E-state index < -0.39 is 0 Å². The molecule has 26 aliphatic carbocycles. The summed E-state index contributed by atoms with van der Waals surface area (Å²) in [5.41, 5.74) is 5.21. The fraction of sp³-hybridized carbons (Fsp3) is 1.00. The molecule has 0 aromatic heterocycles. The minimum Gasteiger partial charge on any atom is -0.0651 e. The van der Waals surface area contributed by atoms with Crippen LogP contribution in [-0.4, -0.2) is 0 Å². The monoisotopic (exact) mass is 1310 g/mol. The Morgan fingerprint density at radius 3 is 1.08 bits per heavy atom. The first-order chi connectivity index (χ1) is 45.2. The van der Waals surface area contributed by atoms with Crippen molar-refractivity contribution in [1.82, 2.24) is 0 Å². The van der Waals surface area contributed by atoms with E-state index in [1.54, 1.807) is 161 Å². The predicted octanol–water partition coefficient (Wildman–Crippen LogP) is 29.9. The third-order valence-corrected chi connectivity index (χ3v) is 38.3. The standard InChI is InChI=1S/C12H20.C12H22.C11H18.2C11H20.2C10H18.2C9H16/c1-2-12-6-9-3-10(7-12)5-11(4-9)8-12;1-11-5-9-12(10-6-11)7-3-2-4-8-12;1-11-5-8-2-9(6-11)4-10(3-8)7-11;1-8-10(2,3)9-5-6-11(8,4)7-9;1-8-9-4-6-10(7-5-9)11(8,2)3;1-8-7-9-3-5-10(8,2)6-4-9;1-7-8(2)10-5-3-9(7)4-6-10;1-7-6-8-2-4-9(7)5-3-8;1-2-8-5-7-3-4-9(8)6-7/h9-11H,2-8H2,1H3;11H,2-10H2,1H3;8-10H,2-7H2,1H3;8-9H,5-7H2,1-4H3;8-10H,4-7H2,1-3H3;8-9H,3-7H2,1-2H3;7-10H,3-6H2,1-2H3;2*7-9H,2-6H2,1H3/t;;;8-,9?,11?;2*8-,9?,10?;7-,8?,9?,10?;7-,8?,9?;/m...01000./s1. The smallest absolute Gasteiger partial charge is 0.0292 e. The van der Waals surface area contributed by atoms with Gasteiger partial charge >= 0.3 is 0 Å². The number of hydrogen-bond donors (Lipinski definition) is 0. The Labute approximate surface area is 595 Å². The molecule has 95 heavy (non-hydrogen) atoms. The summed E-state index contributed by atoms with van der Waals surface area (Å²) < 4.78 is 0. The van der Waals surface area contributed by atoms with Crippen molar-refractivity contribution in [1.29, 1.82) is 0 Å². The Hall–Kier alpha value is 0. The van der Waals surface area contributed by atoms with E-state index >= 15 is 0 Å². The molecule has 0 N–H and O–H groups in total. The van der Waals surface area contributed by atoms with Gasteiger partial charge in [0.2, 0.25) is 0 Å². The van der Waals surface area contributed by atoms with E-state index in [0.29, 0.717) is 16.2 Å². The molecule has 0 radical (unpaired) electrons. The largest absolute Gasteiger partial charge is 0.0651 e. The summed E-state index contributed by atoms with van der Waals surface area (Å²) in [4.78, 5) is 0. The molecule has 11 atom stereocenters. The number of rotatable bonds is 2. The lowest BCUT2D eigenvalue weighted by molar-refractivity contribution is -0.0545. The van der Waals surface area contributed by atoms with Crippen molar-refractivity contribution >= 4 is 0 Å². The van der Waals surface area contributed by atoms with Gasteiger partial charge in [0.05, 0.1) is 0 Å². The highest BCUT2D eigenvalue weighted by Crippen LogP contribution is 2.67. The maximum atomic E-state index is 2.54. The molecule has 6 unspecified atom stereocenters. The number of hydrogen-bond acceptors (Lipinski definition) is 0. The highest BCUT2D eigenvalue weighted by Gasteiger charge is 2.57. The van der Waals surface area contributed by atoms with Crippen LogP contribution in [0.3, 0.4) is 0 Å². The van der Waals surface area contributed by atoms with Crippen molar-refractivity contribution < 1.29 is 0 Å². The Morgan fingerprint density at radius 2 is 0.779 bits per heavy atom. The first kappa shape index (κ1) is 74.7. The highest BCUT2D eigenvalue weighted by molar-refractivity contribution is 5.07. The van der Waals surface area contributed by atoms with Gasteiger partial charge in [0.15, 0.2) is 0 Å². The van der Waals surface area contributed by atoms with Crippen molar-refractivity contribution in [2.24, 2.45) is 180 Å². The summed E-state index contributed by atoms with van der Waals surface area (Å²) in [6.07, 6.45) is 74.1. The average Bonchev–Trinajstić information content (AvgIpc) is 1.63. The van der Waals surface area contributed by atoms with Gasteiger partial charge in [0.25, 0.3) is 0 Å².